The number of hydrogen-bond acceptors (Lipinski definition) is 4. The summed E-state index contributed by atoms with van der Waals surface area (Å²) in [4.78, 5) is 20.1. The van der Waals surface area contributed by atoms with Crippen molar-refractivity contribution in [2.75, 3.05) is 6.54 Å². The Labute approximate surface area is 107 Å². The van der Waals surface area contributed by atoms with Crippen LogP contribution in [0.3, 0.4) is 0 Å². The summed E-state index contributed by atoms with van der Waals surface area (Å²) >= 11 is 0. The molecule has 98 valence electrons. The Morgan fingerprint density at radius 2 is 2.33 bits per heavy atom. The van der Waals surface area contributed by atoms with Crippen LogP contribution < -0.4 is 11.1 Å². The molecular formula is C13H20N4O. The molecule has 0 bridgehead atoms. The van der Waals surface area contributed by atoms with Gasteiger partial charge in [-0.25, -0.2) is 9.97 Å². The van der Waals surface area contributed by atoms with Crippen molar-refractivity contribution < 1.29 is 4.79 Å². The molecule has 0 aliphatic heterocycles. The van der Waals surface area contributed by atoms with Gasteiger partial charge in [0, 0.05) is 12.6 Å². The van der Waals surface area contributed by atoms with Crippen LogP contribution in [0.1, 0.15) is 37.2 Å². The van der Waals surface area contributed by atoms with Gasteiger partial charge in [0.1, 0.15) is 5.82 Å². The van der Waals surface area contributed by atoms with Crippen LogP contribution in [-0.2, 0) is 11.3 Å². The number of nitrogens with one attached hydrogen (secondary N) is 1. The lowest BCUT2D eigenvalue weighted by Crippen LogP contribution is -2.41. The van der Waals surface area contributed by atoms with Gasteiger partial charge in [-0.15, -0.1) is 0 Å². The van der Waals surface area contributed by atoms with Crippen LogP contribution in [0.15, 0.2) is 12.3 Å². The fourth-order valence-corrected chi connectivity index (χ4v) is 2.33. The summed E-state index contributed by atoms with van der Waals surface area (Å²) in [6.45, 7) is 2.90. The van der Waals surface area contributed by atoms with Crippen molar-refractivity contribution in [1.29, 1.82) is 0 Å². The van der Waals surface area contributed by atoms with Crippen LogP contribution >= 0.6 is 0 Å². The van der Waals surface area contributed by atoms with Gasteiger partial charge in [0.25, 0.3) is 0 Å². The molecule has 0 atom stereocenters. The predicted octanol–water partition coefficient (Wildman–Crippen LogP) is 0.920. The Balaban J connectivity index is 1.81. The average molecular weight is 248 g/mol. The highest BCUT2D eigenvalue weighted by molar-refractivity contribution is 5.76. The lowest BCUT2D eigenvalue weighted by atomic mass is 9.66. The quantitative estimate of drug-likeness (QED) is 0.812. The summed E-state index contributed by atoms with van der Waals surface area (Å²) < 4.78 is 0. The number of amides is 1. The first-order chi connectivity index (χ1) is 8.63. The molecule has 0 saturated heterocycles. The Hall–Kier alpha value is -1.49. The average Bonchev–Trinajstić information content (AvgIpc) is 2.31. The number of nitrogens with two attached hydrogens (primary N) is 1. The van der Waals surface area contributed by atoms with E-state index in [-0.39, 0.29) is 11.3 Å². The first-order valence-electron chi connectivity index (χ1n) is 6.39. The van der Waals surface area contributed by atoms with Crippen LogP contribution in [0.4, 0.5) is 0 Å². The largest absolute Gasteiger partial charge is 0.350 e. The molecule has 0 unspecified atom stereocenters. The van der Waals surface area contributed by atoms with E-state index in [1.807, 2.05) is 13.0 Å². The smallest absolute Gasteiger partial charge is 0.220 e. The first-order valence-corrected chi connectivity index (χ1v) is 6.39. The van der Waals surface area contributed by atoms with Gasteiger partial charge >= 0.3 is 0 Å². The molecule has 0 radical (unpaired) electrons. The normalized spacial score (nSPS) is 17.0. The van der Waals surface area contributed by atoms with Crippen molar-refractivity contribution in [1.82, 2.24) is 15.3 Å². The summed E-state index contributed by atoms with van der Waals surface area (Å²) in [5, 5.41) is 2.90. The minimum Gasteiger partial charge on any atom is -0.350 e. The minimum atomic E-state index is 0.0612. The van der Waals surface area contributed by atoms with E-state index >= 15 is 0 Å². The summed E-state index contributed by atoms with van der Waals surface area (Å²) in [6.07, 6.45) is 5.58. The van der Waals surface area contributed by atoms with Gasteiger partial charge in [0.2, 0.25) is 5.91 Å². The zero-order valence-corrected chi connectivity index (χ0v) is 10.8. The molecule has 1 aromatic heterocycles. The third-order valence-electron chi connectivity index (χ3n) is 3.68. The number of aryl methyl sites for hydroxylation is 1. The van der Waals surface area contributed by atoms with Gasteiger partial charge in [-0.05, 0) is 37.8 Å². The molecule has 5 nitrogen and oxygen atoms in total. The van der Waals surface area contributed by atoms with E-state index in [1.54, 1.807) is 6.20 Å². The number of aromatic nitrogens is 2. The molecule has 1 aliphatic rings. The van der Waals surface area contributed by atoms with E-state index < -0.39 is 0 Å². The van der Waals surface area contributed by atoms with E-state index in [0.29, 0.717) is 19.5 Å². The fraction of sp³-hybridized carbons (Fsp3) is 0.615. The summed E-state index contributed by atoms with van der Waals surface area (Å²) in [5.74, 6) is 0.788. The first kappa shape index (κ1) is 13.0. The van der Waals surface area contributed by atoms with Gasteiger partial charge in [-0.2, -0.15) is 0 Å². The Morgan fingerprint density at radius 1 is 1.56 bits per heavy atom. The minimum absolute atomic E-state index is 0.0612. The van der Waals surface area contributed by atoms with E-state index in [0.717, 1.165) is 24.4 Å². The van der Waals surface area contributed by atoms with E-state index in [1.165, 1.54) is 6.42 Å². The summed E-state index contributed by atoms with van der Waals surface area (Å²) in [6, 6.07) is 1.81. The maximum absolute atomic E-state index is 11.9. The highest BCUT2D eigenvalue weighted by Crippen LogP contribution is 2.42. The van der Waals surface area contributed by atoms with Gasteiger partial charge in [0.05, 0.1) is 12.2 Å². The van der Waals surface area contributed by atoms with Crippen LogP contribution in [0, 0.1) is 12.3 Å². The number of hydrogen-bond donors (Lipinski definition) is 2. The molecule has 1 saturated carbocycles. The summed E-state index contributed by atoms with van der Waals surface area (Å²) in [7, 11) is 0. The van der Waals surface area contributed by atoms with Crippen LogP contribution in [0.2, 0.25) is 0 Å². The van der Waals surface area contributed by atoms with Crippen LogP contribution in [0.25, 0.3) is 0 Å². The lowest BCUT2D eigenvalue weighted by Gasteiger charge is -2.40. The van der Waals surface area contributed by atoms with Crippen molar-refractivity contribution >= 4 is 5.91 Å². The van der Waals surface area contributed by atoms with Crippen molar-refractivity contribution in [3.8, 4) is 0 Å². The molecular weight excluding hydrogens is 228 g/mol. The number of carbonyl (C=O) groups excluding carboxylic acids is 1. The topological polar surface area (TPSA) is 80.9 Å². The van der Waals surface area contributed by atoms with Crippen molar-refractivity contribution in [2.24, 2.45) is 11.1 Å². The fourth-order valence-electron chi connectivity index (χ4n) is 2.33. The third-order valence-corrected chi connectivity index (χ3v) is 3.68. The molecule has 5 heteroatoms. The number of carbonyl (C=O) groups is 1. The Bertz CT molecular complexity index is 423. The van der Waals surface area contributed by atoms with Gasteiger partial charge in [0.15, 0.2) is 0 Å². The van der Waals surface area contributed by atoms with Gasteiger partial charge in [-0.3, -0.25) is 4.79 Å². The van der Waals surface area contributed by atoms with Crippen LogP contribution in [0.5, 0.6) is 0 Å². The predicted molar refractivity (Wildman–Crippen MR) is 68.6 cm³/mol. The molecule has 1 fully saturated rings. The Morgan fingerprint density at radius 3 is 2.89 bits per heavy atom. The zero-order valence-electron chi connectivity index (χ0n) is 10.8. The van der Waals surface area contributed by atoms with Crippen molar-refractivity contribution in [3.05, 3.63) is 23.8 Å². The molecule has 1 aromatic rings. The highest BCUT2D eigenvalue weighted by atomic mass is 16.1. The maximum Gasteiger partial charge on any atom is 0.220 e. The second-order valence-electron chi connectivity index (χ2n) is 5.11. The standard InChI is InChI=1S/C13H20N4O/c1-10-15-6-3-11(17-10)8-16-12(18)7-13(9-14)4-2-5-13/h3,6H,2,4-5,7-9,14H2,1H3,(H,16,18). The van der Waals surface area contributed by atoms with E-state index in [9.17, 15) is 4.79 Å². The van der Waals surface area contributed by atoms with Crippen LogP contribution in [-0.4, -0.2) is 22.4 Å². The summed E-state index contributed by atoms with van der Waals surface area (Å²) in [5.41, 5.74) is 6.64. The second-order valence-corrected chi connectivity index (χ2v) is 5.11. The van der Waals surface area contributed by atoms with E-state index in [4.69, 9.17) is 5.73 Å². The third kappa shape index (κ3) is 3.04. The molecule has 1 heterocycles. The molecule has 0 aromatic carbocycles. The lowest BCUT2D eigenvalue weighted by molar-refractivity contribution is -0.124. The SMILES string of the molecule is Cc1nccc(CNC(=O)CC2(CN)CCC2)n1. The Kier molecular flexibility index (Phi) is 3.91. The number of nitrogens with zero attached hydrogens (tertiary/aromatic N) is 2. The zero-order chi connectivity index (χ0) is 13.0. The second kappa shape index (κ2) is 5.44. The molecule has 3 N–H and O–H groups in total. The van der Waals surface area contributed by atoms with Gasteiger partial charge in [-0.1, -0.05) is 6.42 Å². The number of rotatable bonds is 5. The molecule has 0 spiro atoms. The monoisotopic (exact) mass is 248 g/mol. The molecule has 1 aliphatic carbocycles. The van der Waals surface area contributed by atoms with Crippen molar-refractivity contribution in [2.45, 2.75) is 39.2 Å². The molecule has 2 rings (SSSR count). The molecule has 1 amide bonds. The highest BCUT2D eigenvalue weighted by Gasteiger charge is 2.37. The van der Waals surface area contributed by atoms with E-state index in [2.05, 4.69) is 15.3 Å². The maximum atomic E-state index is 11.9. The van der Waals surface area contributed by atoms with Crippen molar-refractivity contribution in [3.63, 3.8) is 0 Å². The molecule has 18 heavy (non-hydrogen) atoms. The van der Waals surface area contributed by atoms with Gasteiger partial charge < -0.3 is 11.1 Å².